The van der Waals surface area contributed by atoms with Crippen LogP contribution in [0.25, 0.3) is 0 Å². The number of carbonyl (C=O) groups excluding carboxylic acids is 1. The maximum Gasteiger partial charge on any atom is 0.302 e. The third kappa shape index (κ3) is 7.89. The first-order chi connectivity index (χ1) is 14.4. The summed E-state index contributed by atoms with van der Waals surface area (Å²) in [5.74, 6) is -0.833. The van der Waals surface area contributed by atoms with Crippen LogP contribution in [0.15, 0.2) is 30.3 Å². The van der Waals surface area contributed by atoms with Crippen LogP contribution >= 0.6 is 0 Å². The zero-order valence-corrected chi connectivity index (χ0v) is 20.4. The fraction of sp³-hybridized carbons (Fsp3) is 0.731. The molecule has 1 fully saturated rings. The number of esters is 1. The molecule has 5 nitrogen and oxygen atoms in total. The van der Waals surface area contributed by atoms with Gasteiger partial charge in [0.1, 0.15) is 6.10 Å². The fourth-order valence-electron chi connectivity index (χ4n) is 4.69. The molecule has 0 saturated carbocycles. The van der Waals surface area contributed by atoms with Crippen molar-refractivity contribution in [3.05, 3.63) is 35.9 Å². The molecule has 0 amide bonds. The summed E-state index contributed by atoms with van der Waals surface area (Å²) in [7, 11) is 0. The highest BCUT2D eigenvalue weighted by Crippen LogP contribution is 2.45. The predicted molar refractivity (Wildman–Crippen MR) is 123 cm³/mol. The Kier molecular flexibility index (Phi) is 9.11. The molecule has 1 aliphatic rings. The molecule has 0 radical (unpaired) electrons. The van der Waals surface area contributed by atoms with E-state index in [-0.39, 0.29) is 35.4 Å². The summed E-state index contributed by atoms with van der Waals surface area (Å²) < 4.78 is 18.2. The summed E-state index contributed by atoms with van der Waals surface area (Å²) in [4.78, 5) is 11.1. The van der Waals surface area contributed by atoms with Crippen LogP contribution in [-0.2, 0) is 19.0 Å². The fourth-order valence-corrected chi connectivity index (χ4v) is 4.69. The summed E-state index contributed by atoms with van der Waals surface area (Å²) in [5, 5.41) is 10.6. The third-order valence-electron chi connectivity index (χ3n) is 6.09. The summed E-state index contributed by atoms with van der Waals surface area (Å²) in [6.45, 7) is 14.7. The van der Waals surface area contributed by atoms with Gasteiger partial charge in [-0.25, -0.2) is 0 Å². The molecule has 0 aromatic heterocycles. The van der Waals surface area contributed by atoms with E-state index in [0.29, 0.717) is 19.4 Å². The van der Waals surface area contributed by atoms with Gasteiger partial charge in [-0.1, -0.05) is 58.0 Å². The van der Waals surface area contributed by atoms with E-state index in [0.717, 1.165) is 12.8 Å². The lowest BCUT2D eigenvalue weighted by Crippen LogP contribution is -2.52. The van der Waals surface area contributed by atoms with Gasteiger partial charge in [-0.05, 0) is 44.1 Å². The van der Waals surface area contributed by atoms with Crippen molar-refractivity contribution in [3.8, 4) is 0 Å². The molecule has 6 atom stereocenters. The quantitative estimate of drug-likeness (QED) is 0.523. The van der Waals surface area contributed by atoms with Crippen LogP contribution in [-0.4, -0.2) is 41.8 Å². The Bertz CT molecular complexity index is 683. The summed E-state index contributed by atoms with van der Waals surface area (Å²) >= 11 is 0. The Hall–Kier alpha value is -1.43. The minimum atomic E-state index is -0.720. The first-order valence-corrected chi connectivity index (χ1v) is 11.7. The van der Waals surface area contributed by atoms with Gasteiger partial charge in [-0.3, -0.25) is 4.79 Å². The van der Waals surface area contributed by atoms with Crippen molar-refractivity contribution in [3.63, 3.8) is 0 Å². The lowest BCUT2D eigenvalue weighted by molar-refractivity contribution is -0.317. The number of ether oxygens (including phenoxy) is 3. The van der Waals surface area contributed by atoms with E-state index in [1.807, 2.05) is 13.0 Å². The molecule has 1 saturated heterocycles. The summed E-state index contributed by atoms with van der Waals surface area (Å²) in [5.41, 5.74) is 1.35. The van der Waals surface area contributed by atoms with E-state index in [1.54, 1.807) is 0 Å². The SMILES string of the molecule is CCC1OC(C)(C(CC(C)(C)C)c2ccccc2)OCC1CC(O)CC(C)OC(C)=O. The highest BCUT2D eigenvalue weighted by Gasteiger charge is 2.46. The monoisotopic (exact) mass is 434 g/mol. The summed E-state index contributed by atoms with van der Waals surface area (Å²) in [6, 6.07) is 10.5. The van der Waals surface area contributed by atoms with Crippen LogP contribution in [0.4, 0.5) is 0 Å². The Morgan fingerprint density at radius 2 is 1.94 bits per heavy atom. The molecule has 0 bridgehead atoms. The van der Waals surface area contributed by atoms with Crippen molar-refractivity contribution in [1.29, 1.82) is 0 Å². The second-order valence-corrected chi connectivity index (χ2v) is 10.4. The zero-order valence-electron chi connectivity index (χ0n) is 20.4. The van der Waals surface area contributed by atoms with Crippen molar-refractivity contribution in [2.45, 2.75) is 104 Å². The van der Waals surface area contributed by atoms with E-state index in [9.17, 15) is 9.90 Å². The highest BCUT2D eigenvalue weighted by atomic mass is 16.7. The zero-order chi connectivity index (χ0) is 23.2. The van der Waals surface area contributed by atoms with Crippen LogP contribution < -0.4 is 0 Å². The molecule has 1 aromatic carbocycles. The Balaban J connectivity index is 2.11. The van der Waals surface area contributed by atoms with Crippen molar-refractivity contribution in [2.24, 2.45) is 11.3 Å². The van der Waals surface area contributed by atoms with Crippen molar-refractivity contribution >= 4 is 5.97 Å². The van der Waals surface area contributed by atoms with Gasteiger partial charge < -0.3 is 19.3 Å². The minimum Gasteiger partial charge on any atom is -0.463 e. The summed E-state index contributed by atoms with van der Waals surface area (Å²) in [6.07, 6.45) is 1.91. The molecule has 0 spiro atoms. The van der Waals surface area contributed by atoms with Gasteiger partial charge in [0.25, 0.3) is 0 Å². The van der Waals surface area contributed by atoms with Crippen LogP contribution in [0.5, 0.6) is 0 Å². The number of rotatable bonds is 9. The largest absolute Gasteiger partial charge is 0.463 e. The first-order valence-electron chi connectivity index (χ1n) is 11.7. The van der Waals surface area contributed by atoms with Gasteiger partial charge in [0.2, 0.25) is 0 Å². The van der Waals surface area contributed by atoms with Gasteiger partial charge in [-0.15, -0.1) is 0 Å². The standard InChI is InChI=1S/C26H42O5/c1-8-24-21(15-22(28)14-18(2)30-19(3)27)17-29-26(7,31-24)23(16-25(4,5)6)20-12-10-9-11-13-20/h9-13,18,21-24,28H,8,14-17H2,1-7H3. The lowest BCUT2D eigenvalue weighted by Gasteiger charge is -2.48. The smallest absolute Gasteiger partial charge is 0.302 e. The molecular formula is C26H42O5. The van der Waals surface area contributed by atoms with Gasteiger partial charge in [0.05, 0.1) is 18.8 Å². The van der Waals surface area contributed by atoms with Crippen LogP contribution in [0.2, 0.25) is 0 Å². The van der Waals surface area contributed by atoms with Gasteiger partial charge in [-0.2, -0.15) is 0 Å². The van der Waals surface area contributed by atoms with E-state index >= 15 is 0 Å². The number of aliphatic hydroxyl groups excluding tert-OH is 1. The van der Waals surface area contributed by atoms with Crippen LogP contribution in [0.1, 0.15) is 85.6 Å². The van der Waals surface area contributed by atoms with Crippen LogP contribution in [0, 0.1) is 11.3 Å². The maximum atomic E-state index is 11.1. The molecule has 2 rings (SSSR count). The molecule has 6 unspecified atom stereocenters. The molecule has 176 valence electrons. The topological polar surface area (TPSA) is 65.0 Å². The van der Waals surface area contributed by atoms with Crippen LogP contribution in [0.3, 0.4) is 0 Å². The maximum absolute atomic E-state index is 11.1. The number of carbonyl (C=O) groups is 1. The average molecular weight is 435 g/mol. The molecular weight excluding hydrogens is 392 g/mol. The molecule has 1 aromatic rings. The molecule has 1 aliphatic heterocycles. The number of aliphatic hydroxyl groups is 1. The van der Waals surface area contributed by atoms with Crippen molar-refractivity contribution in [2.75, 3.05) is 6.61 Å². The van der Waals surface area contributed by atoms with E-state index in [2.05, 4.69) is 58.9 Å². The Morgan fingerprint density at radius 1 is 1.29 bits per heavy atom. The van der Waals surface area contributed by atoms with Gasteiger partial charge >= 0.3 is 5.97 Å². The molecule has 5 heteroatoms. The second kappa shape index (κ2) is 10.9. The van der Waals surface area contributed by atoms with Gasteiger partial charge in [0, 0.05) is 25.2 Å². The minimum absolute atomic E-state index is 0.00334. The molecule has 31 heavy (non-hydrogen) atoms. The van der Waals surface area contributed by atoms with E-state index in [4.69, 9.17) is 14.2 Å². The van der Waals surface area contributed by atoms with Crippen molar-refractivity contribution < 1.29 is 24.1 Å². The first kappa shape index (κ1) is 25.8. The van der Waals surface area contributed by atoms with Gasteiger partial charge in [0.15, 0.2) is 5.79 Å². The third-order valence-corrected chi connectivity index (χ3v) is 6.09. The number of hydrogen-bond acceptors (Lipinski definition) is 5. The van der Waals surface area contributed by atoms with E-state index in [1.165, 1.54) is 12.5 Å². The molecule has 1 heterocycles. The molecule has 1 N–H and O–H groups in total. The lowest BCUT2D eigenvalue weighted by atomic mass is 9.77. The number of hydrogen-bond donors (Lipinski definition) is 1. The Labute approximate surface area is 188 Å². The normalized spacial score (nSPS) is 27.4. The highest BCUT2D eigenvalue weighted by molar-refractivity contribution is 5.66. The number of benzene rings is 1. The average Bonchev–Trinajstić information content (AvgIpc) is 2.66. The van der Waals surface area contributed by atoms with Crippen molar-refractivity contribution in [1.82, 2.24) is 0 Å². The second-order valence-electron chi connectivity index (χ2n) is 10.4. The molecule has 0 aliphatic carbocycles. The predicted octanol–water partition coefficient (Wildman–Crippen LogP) is 5.46. The Morgan fingerprint density at radius 3 is 2.48 bits per heavy atom. The van der Waals surface area contributed by atoms with E-state index < -0.39 is 11.9 Å².